The van der Waals surface area contributed by atoms with E-state index < -0.39 is 0 Å². The second-order valence-electron chi connectivity index (χ2n) is 5.74. The Kier molecular flexibility index (Phi) is 2.97. The highest BCUT2D eigenvalue weighted by Gasteiger charge is 2.47. The van der Waals surface area contributed by atoms with Crippen LogP contribution >= 0.6 is 0 Å². The molecular formula is C12H22N2O2. The van der Waals surface area contributed by atoms with Crippen LogP contribution in [0.2, 0.25) is 0 Å². The molecule has 0 aromatic carbocycles. The van der Waals surface area contributed by atoms with E-state index >= 15 is 0 Å². The van der Waals surface area contributed by atoms with Crippen molar-refractivity contribution in [2.45, 2.75) is 64.3 Å². The number of hydrogen-bond acceptors (Lipinski definition) is 3. The second-order valence-corrected chi connectivity index (χ2v) is 5.74. The fourth-order valence-corrected chi connectivity index (χ4v) is 2.46. The Labute approximate surface area is 96.9 Å². The molecule has 4 unspecified atom stereocenters. The molecule has 0 aromatic rings. The molecule has 1 saturated heterocycles. The van der Waals surface area contributed by atoms with Gasteiger partial charge in [-0.3, -0.25) is 4.79 Å². The van der Waals surface area contributed by atoms with Gasteiger partial charge in [0.05, 0.1) is 6.10 Å². The summed E-state index contributed by atoms with van der Waals surface area (Å²) < 4.78 is 5.54. The first-order chi connectivity index (χ1) is 7.41. The van der Waals surface area contributed by atoms with E-state index in [0.717, 1.165) is 19.3 Å². The minimum Gasteiger partial charge on any atom is -0.365 e. The summed E-state index contributed by atoms with van der Waals surface area (Å²) in [5.74, 6) is 0.0364. The maximum atomic E-state index is 11.9. The molecule has 4 atom stereocenters. The van der Waals surface area contributed by atoms with Crippen molar-refractivity contribution in [2.75, 3.05) is 0 Å². The molecule has 4 heteroatoms. The number of nitrogens with one attached hydrogen (secondary N) is 1. The van der Waals surface area contributed by atoms with Gasteiger partial charge in [0, 0.05) is 17.5 Å². The molecule has 0 radical (unpaired) electrons. The van der Waals surface area contributed by atoms with E-state index in [-0.39, 0.29) is 35.6 Å². The minimum absolute atomic E-state index is 0.0138. The Morgan fingerprint density at radius 3 is 2.56 bits per heavy atom. The van der Waals surface area contributed by atoms with E-state index in [4.69, 9.17) is 10.5 Å². The molecular weight excluding hydrogens is 204 g/mol. The van der Waals surface area contributed by atoms with E-state index in [9.17, 15) is 4.79 Å². The van der Waals surface area contributed by atoms with Gasteiger partial charge < -0.3 is 15.8 Å². The lowest BCUT2D eigenvalue weighted by Crippen LogP contribution is -2.65. The standard InChI is InChI=1S/C12H22N2O2/c1-7-4-5-8(16-7)11(15)14-10-6-9(13)12(10,2)3/h7-10H,4-6,13H2,1-3H3,(H,14,15). The predicted molar refractivity (Wildman–Crippen MR) is 61.9 cm³/mol. The lowest BCUT2D eigenvalue weighted by molar-refractivity contribution is -0.135. The smallest absolute Gasteiger partial charge is 0.249 e. The van der Waals surface area contributed by atoms with Gasteiger partial charge in [-0.1, -0.05) is 13.8 Å². The van der Waals surface area contributed by atoms with Gasteiger partial charge in [0.1, 0.15) is 6.10 Å². The first kappa shape index (κ1) is 11.9. The highest BCUT2D eigenvalue weighted by molar-refractivity contribution is 5.81. The third-order valence-electron chi connectivity index (χ3n) is 4.18. The first-order valence-corrected chi connectivity index (χ1v) is 6.12. The van der Waals surface area contributed by atoms with Crippen LogP contribution in [0, 0.1) is 5.41 Å². The molecule has 3 N–H and O–H groups in total. The van der Waals surface area contributed by atoms with Crippen molar-refractivity contribution in [3.8, 4) is 0 Å². The van der Waals surface area contributed by atoms with Gasteiger partial charge in [-0.05, 0) is 26.2 Å². The van der Waals surface area contributed by atoms with E-state index in [2.05, 4.69) is 19.2 Å². The Bertz CT molecular complexity index is 291. The van der Waals surface area contributed by atoms with Gasteiger partial charge >= 0.3 is 0 Å². The monoisotopic (exact) mass is 226 g/mol. The second kappa shape index (κ2) is 4.00. The summed E-state index contributed by atoms with van der Waals surface area (Å²) in [4.78, 5) is 11.9. The van der Waals surface area contributed by atoms with Crippen LogP contribution in [-0.4, -0.2) is 30.2 Å². The van der Waals surface area contributed by atoms with Gasteiger partial charge in [-0.2, -0.15) is 0 Å². The molecule has 2 aliphatic rings. The molecule has 0 bridgehead atoms. The van der Waals surface area contributed by atoms with Crippen LogP contribution in [-0.2, 0) is 9.53 Å². The van der Waals surface area contributed by atoms with Crippen LogP contribution in [0.3, 0.4) is 0 Å². The van der Waals surface area contributed by atoms with Crippen molar-refractivity contribution in [2.24, 2.45) is 11.1 Å². The SMILES string of the molecule is CC1CCC(C(=O)NC2CC(N)C2(C)C)O1. The molecule has 16 heavy (non-hydrogen) atoms. The molecule has 4 nitrogen and oxygen atoms in total. The lowest BCUT2D eigenvalue weighted by Gasteiger charge is -2.50. The number of amides is 1. The molecule has 92 valence electrons. The highest BCUT2D eigenvalue weighted by atomic mass is 16.5. The van der Waals surface area contributed by atoms with Gasteiger partial charge in [0.15, 0.2) is 0 Å². The summed E-state index contributed by atoms with van der Waals surface area (Å²) in [6.45, 7) is 6.21. The molecule has 1 heterocycles. The first-order valence-electron chi connectivity index (χ1n) is 6.12. The van der Waals surface area contributed by atoms with Crippen LogP contribution in [0.4, 0.5) is 0 Å². The van der Waals surface area contributed by atoms with Gasteiger partial charge in [-0.25, -0.2) is 0 Å². The lowest BCUT2D eigenvalue weighted by atomic mass is 9.63. The zero-order valence-corrected chi connectivity index (χ0v) is 10.3. The summed E-state index contributed by atoms with van der Waals surface area (Å²) in [7, 11) is 0. The van der Waals surface area contributed by atoms with Crippen LogP contribution in [0.15, 0.2) is 0 Å². The molecule has 1 saturated carbocycles. The summed E-state index contributed by atoms with van der Waals surface area (Å²) >= 11 is 0. The van der Waals surface area contributed by atoms with Crippen molar-refractivity contribution in [1.82, 2.24) is 5.32 Å². The van der Waals surface area contributed by atoms with Crippen molar-refractivity contribution in [3.05, 3.63) is 0 Å². The molecule has 1 amide bonds. The summed E-state index contributed by atoms with van der Waals surface area (Å²) in [5.41, 5.74) is 5.93. The van der Waals surface area contributed by atoms with E-state index in [1.807, 2.05) is 6.92 Å². The van der Waals surface area contributed by atoms with E-state index in [1.165, 1.54) is 0 Å². The molecule has 1 aliphatic heterocycles. The molecule has 1 aliphatic carbocycles. The largest absolute Gasteiger partial charge is 0.365 e. The van der Waals surface area contributed by atoms with Gasteiger partial charge in [0.2, 0.25) is 5.91 Å². The van der Waals surface area contributed by atoms with Crippen molar-refractivity contribution in [3.63, 3.8) is 0 Å². The van der Waals surface area contributed by atoms with Crippen LogP contribution in [0.1, 0.15) is 40.0 Å². The van der Waals surface area contributed by atoms with Crippen LogP contribution < -0.4 is 11.1 Å². The molecule has 0 aromatic heterocycles. The number of rotatable bonds is 2. The zero-order chi connectivity index (χ0) is 11.9. The van der Waals surface area contributed by atoms with Gasteiger partial charge in [-0.15, -0.1) is 0 Å². The average molecular weight is 226 g/mol. The molecule has 2 fully saturated rings. The Morgan fingerprint density at radius 2 is 2.12 bits per heavy atom. The number of carbonyl (C=O) groups excluding carboxylic acids is 1. The third kappa shape index (κ3) is 1.96. The maximum Gasteiger partial charge on any atom is 0.249 e. The van der Waals surface area contributed by atoms with Crippen molar-refractivity contribution < 1.29 is 9.53 Å². The molecule has 2 rings (SSSR count). The van der Waals surface area contributed by atoms with Crippen LogP contribution in [0.25, 0.3) is 0 Å². The summed E-state index contributed by atoms with van der Waals surface area (Å²) in [5, 5.41) is 3.06. The summed E-state index contributed by atoms with van der Waals surface area (Å²) in [6.07, 6.45) is 2.66. The van der Waals surface area contributed by atoms with E-state index in [1.54, 1.807) is 0 Å². The number of hydrogen-bond donors (Lipinski definition) is 2. The van der Waals surface area contributed by atoms with Crippen molar-refractivity contribution in [1.29, 1.82) is 0 Å². The van der Waals surface area contributed by atoms with Crippen molar-refractivity contribution >= 4 is 5.91 Å². The van der Waals surface area contributed by atoms with Crippen LogP contribution in [0.5, 0.6) is 0 Å². The van der Waals surface area contributed by atoms with E-state index in [0.29, 0.717) is 0 Å². The number of carbonyl (C=O) groups is 1. The predicted octanol–water partition coefficient (Wildman–Crippen LogP) is 0.796. The zero-order valence-electron chi connectivity index (χ0n) is 10.3. The fourth-order valence-electron chi connectivity index (χ4n) is 2.46. The summed E-state index contributed by atoms with van der Waals surface area (Å²) in [6, 6.07) is 0.399. The van der Waals surface area contributed by atoms with Gasteiger partial charge in [0.25, 0.3) is 0 Å². The quantitative estimate of drug-likeness (QED) is 0.732. The Hall–Kier alpha value is -0.610. The average Bonchev–Trinajstić information content (AvgIpc) is 2.64. The Balaban J connectivity index is 1.85. The third-order valence-corrected chi connectivity index (χ3v) is 4.18. The molecule has 0 spiro atoms. The number of nitrogens with two attached hydrogens (primary N) is 1. The fraction of sp³-hybridized carbons (Fsp3) is 0.917. The highest BCUT2D eigenvalue weighted by Crippen LogP contribution is 2.39. The topological polar surface area (TPSA) is 64.4 Å². The number of ether oxygens (including phenoxy) is 1. The minimum atomic E-state index is -0.248. The maximum absolute atomic E-state index is 11.9. The normalized spacial score (nSPS) is 41.5. The Morgan fingerprint density at radius 1 is 1.44 bits per heavy atom.